The van der Waals surface area contributed by atoms with Crippen molar-refractivity contribution in [3.05, 3.63) is 71.3 Å². The summed E-state index contributed by atoms with van der Waals surface area (Å²) in [7, 11) is 1.31. The van der Waals surface area contributed by atoms with Crippen molar-refractivity contribution in [2.45, 2.75) is 6.61 Å². The minimum atomic E-state index is -0.442. The third-order valence-electron chi connectivity index (χ3n) is 2.81. The quantitative estimate of drug-likeness (QED) is 0.676. The smallest absolute Gasteiger partial charge is 0.337 e. The van der Waals surface area contributed by atoms with E-state index in [-0.39, 0.29) is 12.5 Å². The van der Waals surface area contributed by atoms with Crippen LogP contribution in [0.4, 0.5) is 0 Å². The molecule has 0 aliphatic rings. The molecule has 5 nitrogen and oxygen atoms in total. The van der Waals surface area contributed by atoms with Crippen molar-refractivity contribution >= 4 is 11.9 Å². The first-order valence-corrected chi connectivity index (χ1v) is 6.35. The maximum Gasteiger partial charge on any atom is 0.337 e. The van der Waals surface area contributed by atoms with E-state index in [2.05, 4.69) is 10.2 Å². The van der Waals surface area contributed by atoms with Crippen LogP contribution >= 0.6 is 0 Å². The highest BCUT2D eigenvalue weighted by Crippen LogP contribution is 2.06. The normalized spacial score (nSPS) is 9.95. The molecule has 108 valence electrons. The zero-order valence-corrected chi connectivity index (χ0v) is 11.5. The first-order chi connectivity index (χ1) is 10.2. The summed E-state index contributed by atoms with van der Waals surface area (Å²) in [6.07, 6.45) is 0. The van der Waals surface area contributed by atoms with E-state index in [0.717, 1.165) is 5.56 Å². The van der Waals surface area contributed by atoms with Gasteiger partial charge >= 0.3 is 5.97 Å². The van der Waals surface area contributed by atoms with E-state index in [1.165, 1.54) is 31.4 Å². The topological polar surface area (TPSA) is 64.6 Å². The molecule has 1 amide bonds. The predicted octanol–water partition coefficient (Wildman–Crippen LogP) is 2.33. The lowest BCUT2D eigenvalue weighted by Gasteiger charge is -2.06. The second-order valence-corrected chi connectivity index (χ2v) is 4.27. The van der Waals surface area contributed by atoms with Gasteiger partial charge in [0.2, 0.25) is 0 Å². The molecule has 0 aromatic heterocycles. The van der Waals surface area contributed by atoms with Gasteiger partial charge in [-0.15, -0.1) is 0 Å². The number of carbonyl (C=O) groups is 2. The molecule has 0 saturated carbocycles. The fourth-order valence-corrected chi connectivity index (χ4v) is 1.69. The molecule has 2 rings (SSSR count). The lowest BCUT2D eigenvalue weighted by molar-refractivity contribution is 0.0233. The lowest BCUT2D eigenvalue weighted by Crippen LogP contribution is -2.23. The molecule has 2 aromatic rings. The summed E-state index contributed by atoms with van der Waals surface area (Å²) in [5.41, 5.74) is 4.10. The Kier molecular flexibility index (Phi) is 5.06. The standard InChI is InChI=1S/C16H15NO4/c1-20-16(19)14-9-7-13(8-10-14)15(18)17-21-11-12-5-3-2-4-6-12/h2-10H,11H2,1H3,(H,17,18). The van der Waals surface area contributed by atoms with Crippen LogP contribution in [0.3, 0.4) is 0 Å². The van der Waals surface area contributed by atoms with Crippen molar-refractivity contribution in [1.82, 2.24) is 5.48 Å². The first kappa shape index (κ1) is 14.7. The third kappa shape index (κ3) is 4.15. The van der Waals surface area contributed by atoms with Crippen molar-refractivity contribution in [1.29, 1.82) is 0 Å². The lowest BCUT2D eigenvalue weighted by atomic mass is 10.1. The van der Waals surface area contributed by atoms with Crippen LogP contribution in [0, 0.1) is 0 Å². The fraction of sp³-hybridized carbons (Fsp3) is 0.125. The summed E-state index contributed by atoms with van der Waals surface area (Å²) >= 11 is 0. The average Bonchev–Trinajstić information content (AvgIpc) is 2.55. The van der Waals surface area contributed by atoms with Crippen molar-refractivity contribution < 1.29 is 19.2 Å². The Hall–Kier alpha value is -2.66. The van der Waals surface area contributed by atoms with Crippen LogP contribution in [0.5, 0.6) is 0 Å². The molecule has 0 unspecified atom stereocenters. The monoisotopic (exact) mass is 285 g/mol. The number of hydroxylamine groups is 1. The highest BCUT2D eigenvalue weighted by Gasteiger charge is 2.08. The Morgan fingerprint density at radius 1 is 0.952 bits per heavy atom. The Bertz CT molecular complexity index is 608. The van der Waals surface area contributed by atoms with Crippen molar-refractivity contribution in [2.24, 2.45) is 0 Å². The van der Waals surface area contributed by atoms with Crippen LogP contribution in [0.1, 0.15) is 26.3 Å². The molecular weight excluding hydrogens is 270 g/mol. The molecule has 0 spiro atoms. The van der Waals surface area contributed by atoms with Crippen LogP contribution in [0.2, 0.25) is 0 Å². The number of ether oxygens (including phenoxy) is 1. The summed E-state index contributed by atoms with van der Waals surface area (Å²) in [4.78, 5) is 28.3. The summed E-state index contributed by atoms with van der Waals surface area (Å²) in [5.74, 6) is -0.815. The van der Waals surface area contributed by atoms with Crippen LogP contribution < -0.4 is 5.48 Å². The molecule has 0 fully saturated rings. The molecule has 0 heterocycles. The molecule has 0 aliphatic carbocycles. The molecule has 5 heteroatoms. The zero-order valence-electron chi connectivity index (χ0n) is 11.5. The van der Waals surface area contributed by atoms with E-state index >= 15 is 0 Å². The number of methoxy groups -OCH3 is 1. The summed E-state index contributed by atoms with van der Waals surface area (Å²) in [6, 6.07) is 15.6. The van der Waals surface area contributed by atoms with E-state index in [1.807, 2.05) is 30.3 Å². The second kappa shape index (κ2) is 7.21. The van der Waals surface area contributed by atoms with Crippen LogP contribution in [0.25, 0.3) is 0 Å². The van der Waals surface area contributed by atoms with Crippen molar-refractivity contribution in [3.8, 4) is 0 Å². The van der Waals surface area contributed by atoms with Crippen LogP contribution in [-0.4, -0.2) is 19.0 Å². The minimum absolute atomic E-state index is 0.285. The van der Waals surface area contributed by atoms with E-state index < -0.39 is 5.97 Å². The number of nitrogens with one attached hydrogen (secondary N) is 1. The molecule has 21 heavy (non-hydrogen) atoms. The highest BCUT2D eigenvalue weighted by atomic mass is 16.6. The molecule has 0 bridgehead atoms. The number of benzene rings is 2. The van der Waals surface area contributed by atoms with Crippen molar-refractivity contribution in [2.75, 3.05) is 7.11 Å². The number of rotatable bonds is 5. The summed E-state index contributed by atoms with van der Waals surface area (Å²) < 4.78 is 4.59. The van der Waals surface area contributed by atoms with E-state index in [4.69, 9.17) is 4.84 Å². The highest BCUT2D eigenvalue weighted by molar-refractivity contribution is 5.95. The Balaban J connectivity index is 1.87. The van der Waals surface area contributed by atoms with Crippen LogP contribution in [0.15, 0.2) is 54.6 Å². The van der Waals surface area contributed by atoms with Gasteiger partial charge in [0.25, 0.3) is 5.91 Å². The molecule has 0 aliphatic heterocycles. The number of hydrogen-bond donors (Lipinski definition) is 1. The summed E-state index contributed by atoms with van der Waals surface area (Å²) in [5, 5.41) is 0. The van der Waals surface area contributed by atoms with E-state index in [0.29, 0.717) is 11.1 Å². The van der Waals surface area contributed by atoms with Gasteiger partial charge < -0.3 is 4.74 Å². The van der Waals surface area contributed by atoms with Gasteiger partial charge in [-0.05, 0) is 29.8 Å². The van der Waals surface area contributed by atoms with Gasteiger partial charge in [0, 0.05) is 5.56 Å². The van der Waals surface area contributed by atoms with E-state index in [1.54, 1.807) is 0 Å². The molecule has 2 aromatic carbocycles. The van der Waals surface area contributed by atoms with Gasteiger partial charge in [0.15, 0.2) is 0 Å². The summed E-state index contributed by atoms with van der Waals surface area (Å²) in [6.45, 7) is 0.285. The Morgan fingerprint density at radius 3 is 2.19 bits per heavy atom. The largest absolute Gasteiger partial charge is 0.465 e. The van der Waals surface area contributed by atoms with Crippen LogP contribution in [-0.2, 0) is 16.2 Å². The maximum atomic E-state index is 11.8. The molecule has 1 N–H and O–H groups in total. The molecule has 0 saturated heterocycles. The van der Waals surface area contributed by atoms with E-state index in [9.17, 15) is 9.59 Å². The molecule has 0 radical (unpaired) electrons. The van der Waals surface area contributed by atoms with Gasteiger partial charge in [-0.25, -0.2) is 10.3 Å². The number of amides is 1. The number of hydrogen-bond acceptors (Lipinski definition) is 4. The third-order valence-corrected chi connectivity index (χ3v) is 2.81. The average molecular weight is 285 g/mol. The van der Waals surface area contributed by atoms with Crippen molar-refractivity contribution in [3.63, 3.8) is 0 Å². The van der Waals surface area contributed by atoms with Gasteiger partial charge in [0.05, 0.1) is 19.3 Å². The Labute approximate surface area is 122 Å². The molecule has 0 atom stereocenters. The van der Waals surface area contributed by atoms with Gasteiger partial charge in [-0.3, -0.25) is 9.63 Å². The first-order valence-electron chi connectivity index (χ1n) is 6.35. The minimum Gasteiger partial charge on any atom is -0.465 e. The van der Waals surface area contributed by atoms with Gasteiger partial charge in [-0.2, -0.15) is 0 Å². The predicted molar refractivity (Wildman–Crippen MR) is 76.5 cm³/mol. The SMILES string of the molecule is COC(=O)c1ccc(C(=O)NOCc2ccccc2)cc1. The number of esters is 1. The molecular formula is C16H15NO4. The van der Waals surface area contributed by atoms with Gasteiger partial charge in [-0.1, -0.05) is 30.3 Å². The second-order valence-electron chi connectivity index (χ2n) is 4.27. The maximum absolute atomic E-state index is 11.8. The number of carbonyl (C=O) groups excluding carboxylic acids is 2. The Morgan fingerprint density at radius 2 is 1.57 bits per heavy atom. The fourth-order valence-electron chi connectivity index (χ4n) is 1.69. The zero-order chi connectivity index (χ0) is 15.1. The van der Waals surface area contributed by atoms with Gasteiger partial charge in [0.1, 0.15) is 0 Å².